The minimum atomic E-state index is -0.0718. The summed E-state index contributed by atoms with van der Waals surface area (Å²) in [5, 5.41) is 13.8. The van der Waals surface area contributed by atoms with E-state index in [2.05, 4.69) is 33.4 Å². The summed E-state index contributed by atoms with van der Waals surface area (Å²) in [6, 6.07) is 26.3. The topological polar surface area (TPSA) is 68.4 Å². The second-order valence-electron chi connectivity index (χ2n) is 7.75. The number of nitrogens with zero attached hydrogens (tertiary/aromatic N) is 1. The molecule has 0 bridgehead atoms. The molecule has 0 amide bonds. The molecule has 0 radical (unpaired) electrons. The van der Waals surface area contributed by atoms with Crippen LogP contribution in [0.15, 0.2) is 83.7 Å². The highest BCUT2D eigenvalue weighted by Crippen LogP contribution is 2.21. The van der Waals surface area contributed by atoms with Crippen LogP contribution in [0.5, 0.6) is 0 Å². The maximum atomic E-state index is 12.4. The second kappa shape index (κ2) is 9.49. The maximum Gasteiger partial charge on any atom is 0.253 e. The van der Waals surface area contributed by atoms with Gasteiger partial charge in [0.05, 0.1) is 6.61 Å². The molecular weight excluding hydrogens is 386 g/mol. The van der Waals surface area contributed by atoms with E-state index in [1.807, 2.05) is 67.6 Å². The molecule has 31 heavy (non-hydrogen) atoms. The number of aliphatic hydroxyl groups excluding tert-OH is 1. The molecule has 0 spiro atoms. The van der Waals surface area contributed by atoms with Crippen LogP contribution in [0.2, 0.25) is 0 Å². The summed E-state index contributed by atoms with van der Waals surface area (Å²) in [7, 11) is 0. The van der Waals surface area contributed by atoms with Crippen LogP contribution in [0.3, 0.4) is 0 Å². The molecule has 4 rings (SSSR count). The maximum absolute atomic E-state index is 12.4. The van der Waals surface area contributed by atoms with Gasteiger partial charge < -0.3 is 20.3 Å². The zero-order valence-electron chi connectivity index (χ0n) is 17.6. The first-order valence-electron chi connectivity index (χ1n) is 10.5. The fourth-order valence-corrected chi connectivity index (χ4v) is 3.71. The summed E-state index contributed by atoms with van der Waals surface area (Å²) < 4.78 is 0. The van der Waals surface area contributed by atoms with E-state index in [0.717, 1.165) is 34.4 Å². The highest BCUT2D eigenvalue weighted by atomic mass is 16.3. The van der Waals surface area contributed by atoms with Gasteiger partial charge in [0.2, 0.25) is 0 Å². The summed E-state index contributed by atoms with van der Waals surface area (Å²) in [6.45, 7) is 3.88. The van der Waals surface area contributed by atoms with Crippen LogP contribution < -0.4 is 15.8 Å². The van der Waals surface area contributed by atoms with Gasteiger partial charge in [-0.25, -0.2) is 0 Å². The van der Waals surface area contributed by atoms with E-state index in [1.165, 1.54) is 5.56 Å². The lowest BCUT2D eigenvalue weighted by Crippen LogP contribution is -2.26. The molecule has 1 heterocycles. The Morgan fingerprint density at radius 3 is 2.48 bits per heavy atom. The van der Waals surface area contributed by atoms with E-state index in [0.29, 0.717) is 18.7 Å². The molecule has 0 aliphatic carbocycles. The molecule has 158 valence electrons. The molecule has 0 fully saturated rings. The lowest BCUT2D eigenvalue weighted by Gasteiger charge is -2.24. The van der Waals surface area contributed by atoms with Crippen molar-refractivity contribution in [3.05, 3.63) is 106 Å². The van der Waals surface area contributed by atoms with Crippen molar-refractivity contribution in [1.29, 1.82) is 0 Å². The molecule has 0 aliphatic heterocycles. The first-order chi connectivity index (χ1) is 15.1. The lowest BCUT2D eigenvalue weighted by molar-refractivity contribution is 0.301. The normalized spacial score (nSPS) is 10.9. The average molecular weight is 414 g/mol. The van der Waals surface area contributed by atoms with Gasteiger partial charge in [-0.2, -0.15) is 0 Å². The smallest absolute Gasteiger partial charge is 0.253 e. The van der Waals surface area contributed by atoms with E-state index in [9.17, 15) is 9.90 Å². The molecule has 0 unspecified atom stereocenters. The number of nitrogens with one attached hydrogen (secondary N) is 2. The van der Waals surface area contributed by atoms with Crippen LogP contribution in [0, 0.1) is 6.92 Å². The first-order valence-corrected chi connectivity index (χ1v) is 10.5. The molecule has 0 atom stereocenters. The number of hydrogen-bond donors (Lipinski definition) is 3. The number of aryl methyl sites for hydroxylation is 1. The van der Waals surface area contributed by atoms with Gasteiger partial charge in [0.15, 0.2) is 0 Å². The zero-order valence-corrected chi connectivity index (χ0v) is 17.6. The minimum Gasteiger partial charge on any atom is -0.395 e. The summed E-state index contributed by atoms with van der Waals surface area (Å²) in [4.78, 5) is 17.5. The standard InChI is InChI=1S/C26H27N3O2/c1-19-7-12-25-21(15-19)16-22(26(31)28-25)17-27-23-8-10-24(11-9-23)29(13-14-30)18-20-5-3-2-4-6-20/h2-12,15-16,27,30H,13-14,17-18H2,1H3,(H,28,31). The molecule has 3 aromatic carbocycles. The van der Waals surface area contributed by atoms with Crippen molar-refractivity contribution < 1.29 is 5.11 Å². The molecule has 0 saturated heterocycles. The van der Waals surface area contributed by atoms with E-state index in [1.54, 1.807) is 0 Å². The Bertz CT molecular complexity index is 1200. The quantitative estimate of drug-likeness (QED) is 0.399. The summed E-state index contributed by atoms with van der Waals surface area (Å²) in [5.74, 6) is 0. The summed E-state index contributed by atoms with van der Waals surface area (Å²) in [5.41, 5.74) is 5.83. The van der Waals surface area contributed by atoms with Crippen LogP contribution in [0.25, 0.3) is 10.9 Å². The van der Waals surface area contributed by atoms with Gasteiger partial charge in [-0.05, 0) is 60.3 Å². The fourth-order valence-electron chi connectivity index (χ4n) is 3.71. The third-order valence-electron chi connectivity index (χ3n) is 5.38. The third kappa shape index (κ3) is 5.13. The fraction of sp³-hybridized carbons (Fsp3) is 0.192. The molecule has 0 aliphatic rings. The van der Waals surface area contributed by atoms with Crippen molar-refractivity contribution >= 4 is 22.3 Å². The van der Waals surface area contributed by atoms with Gasteiger partial charge in [-0.3, -0.25) is 4.79 Å². The van der Waals surface area contributed by atoms with Gasteiger partial charge in [0, 0.05) is 42.1 Å². The van der Waals surface area contributed by atoms with Crippen molar-refractivity contribution in [3.63, 3.8) is 0 Å². The van der Waals surface area contributed by atoms with Crippen LogP contribution in [0.4, 0.5) is 11.4 Å². The Morgan fingerprint density at radius 1 is 0.968 bits per heavy atom. The van der Waals surface area contributed by atoms with Crippen molar-refractivity contribution in [1.82, 2.24) is 4.98 Å². The second-order valence-corrected chi connectivity index (χ2v) is 7.75. The molecule has 1 aromatic heterocycles. The first kappa shape index (κ1) is 20.7. The van der Waals surface area contributed by atoms with E-state index >= 15 is 0 Å². The van der Waals surface area contributed by atoms with E-state index in [-0.39, 0.29) is 12.2 Å². The van der Waals surface area contributed by atoms with Gasteiger partial charge in [-0.15, -0.1) is 0 Å². The predicted octanol–water partition coefficient (Wildman–Crippen LogP) is 4.45. The summed E-state index contributed by atoms with van der Waals surface area (Å²) >= 11 is 0. The summed E-state index contributed by atoms with van der Waals surface area (Å²) in [6.07, 6.45) is 0. The highest BCUT2D eigenvalue weighted by Gasteiger charge is 2.08. The number of aromatic nitrogens is 1. The van der Waals surface area contributed by atoms with Gasteiger partial charge in [-0.1, -0.05) is 42.0 Å². The number of H-pyrrole nitrogens is 1. The predicted molar refractivity (Wildman–Crippen MR) is 128 cm³/mol. The van der Waals surface area contributed by atoms with Crippen molar-refractivity contribution in [2.24, 2.45) is 0 Å². The lowest BCUT2D eigenvalue weighted by atomic mass is 10.1. The molecule has 5 heteroatoms. The Hall–Kier alpha value is -3.57. The SMILES string of the molecule is Cc1ccc2[nH]c(=O)c(CNc3ccc(N(CCO)Cc4ccccc4)cc3)cc2c1. The minimum absolute atomic E-state index is 0.0718. The number of benzene rings is 3. The van der Waals surface area contributed by atoms with Gasteiger partial charge in [0.25, 0.3) is 5.56 Å². The van der Waals surface area contributed by atoms with Crippen LogP contribution in [-0.4, -0.2) is 23.2 Å². The Morgan fingerprint density at radius 2 is 1.74 bits per heavy atom. The number of aromatic amines is 1. The van der Waals surface area contributed by atoms with E-state index < -0.39 is 0 Å². The monoisotopic (exact) mass is 413 g/mol. The Kier molecular flexibility index (Phi) is 6.34. The van der Waals surface area contributed by atoms with Crippen LogP contribution in [-0.2, 0) is 13.1 Å². The zero-order chi connectivity index (χ0) is 21.6. The third-order valence-corrected chi connectivity index (χ3v) is 5.38. The number of pyridine rings is 1. The molecule has 4 aromatic rings. The van der Waals surface area contributed by atoms with Gasteiger partial charge in [0.1, 0.15) is 0 Å². The Balaban J connectivity index is 1.46. The number of hydrogen-bond acceptors (Lipinski definition) is 4. The van der Waals surface area contributed by atoms with E-state index in [4.69, 9.17) is 0 Å². The molecular formula is C26H27N3O2. The molecule has 5 nitrogen and oxygen atoms in total. The molecule has 3 N–H and O–H groups in total. The van der Waals surface area contributed by atoms with Crippen molar-refractivity contribution in [2.45, 2.75) is 20.0 Å². The van der Waals surface area contributed by atoms with Crippen LogP contribution in [0.1, 0.15) is 16.7 Å². The van der Waals surface area contributed by atoms with Crippen molar-refractivity contribution in [2.75, 3.05) is 23.4 Å². The number of rotatable bonds is 8. The van der Waals surface area contributed by atoms with Gasteiger partial charge >= 0.3 is 0 Å². The average Bonchev–Trinajstić information content (AvgIpc) is 2.79. The highest BCUT2D eigenvalue weighted by molar-refractivity contribution is 5.79. The number of anilines is 2. The number of aliphatic hydroxyl groups is 1. The number of fused-ring (bicyclic) bond motifs is 1. The van der Waals surface area contributed by atoms with Crippen LogP contribution >= 0.6 is 0 Å². The Labute approximate surface area is 182 Å². The van der Waals surface area contributed by atoms with Crippen molar-refractivity contribution in [3.8, 4) is 0 Å². The largest absolute Gasteiger partial charge is 0.395 e. The molecule has 0 saturated carbocycles.